The van der Waals surface area contributed by atoms with Crippen molar-refractivity contribution >= 4 is 16.1 Å². The quantitative estimate of drug-likeness (QED) is 0.784. The SMILES string of the molecule is CC(=O)c1cccc(COS(C)(C)C(C)(C)C)n1. The average Bonchev–Trinajstić information content (AvgIpc) is 2.25. The number of ketones is 1. The van der Waals surface area contributed by atoms with Crippen molar-refractivity contribution in [2.75, 3.05) is 12.5 Å². The minimum Gasteiger partial charge on any atom is -0.330 e. The Bertz CT molecular complexity index is 436. The van der Waals surface area contributed by atoms with E-state index in [9.17, 15) is 4.79 Å². The van der Waals surface area contributed by atoms with Crippen LogP contribution in [0.5, 0.6) is 0 Å². The number of hydrogen-bond acceptors (Lipinski definition) is 3. The maximum Gasteiger partial charge on any atom is 0.178 e. The van der Waals surface area contributed by atoms with Crippen molar-refractivity contribution in [2.24, 2.45) is 0 Å². The fourth-order valence-electron chi connectivity index (χ4n) is 1.14. The molecule has 0 saturated carbocycles. The summed E-state index contributed by atoms with van der Waals surface area (Å²) in [6, 6.07) is 5.47. The second-order valence-electron chi connectivity index (χ2n) is 5.68. The molecule has 1 heterocycles. The Balaban J connectivity index is 2.75. The van der Waals surface area contributed by atoms with Gasteiger partial charge in [0.05, 0.1) is 5.69 Å². The summed E-state index contributed by atoms with van der Waals surface area (Å²) in [4.78, 5) is 15.6. The topological polar surface area (TPSA) is 39.2 Å². The molecule has 0 aromatic carbocycles. The van der Waals surface area contributed by atoms with Gasteiger partial charge in [0.15, 0.2) is 5.78 Å². The molecule has 0 spiro atoms. The van der Waals surface area contributed by atoms with Crippen LogP contribution in [0.4, 0.5) is 0 Å². The monoisotopic (exact) mass is 269 g/mol. The number of hydrogen-bond donors (Lipinski definition) is 0. The molecule has 0 fully saturated rings. The van der Waals surface area contributed by atoms with Crippen molar-refractivity contribution in [1.29, 1.82) is 0 Å². The molecule has 0 N–H and O–H groups in total. The standard InChI is InChI=1S/C14H23NO2S/c1-11(16)13-9-7-8-12(15-13)10-17-18(5,6)14(2,3)4/h7-9H,10H2,1-6H3. The summed E-state index contributed by atoms with van der Waals surface area (Å²) in [7, 11) is -1.15. The highest BCUT2D eigenvalue weighted by Gasteiger charge is 2.28. The average molecular weight is 269 g/mol. The van der Waals surface area contributed by atoms with E-state index >= 15 is 0 Å². The molecule has 0 radical (unpaired) electrons. The van der Waals surface area contributed by atoms with Crippen molar-refractivity contribution in [3.63, 3.8) is 0 Å². The van der Waals surface area contributed by atoms with Gasteiger partial charge in [-0.15, -0.1) is 10.3 Å². The molecular weight excluding hydrogens is 246 g/mol. The van der Waals surface area contributed by atoms with Gasteiger partial charge in [-0.2, -0.15) is 0 Å². The largest absolute Gasteiger partial charge is 0.330 e. The number of carbonyl (C=O) groups is 1. The van der Waals surface area contributed by atoms with E-state index < -0.39 is 10.3 Å². The van der Waals surface area contributed by atoms with Crippen molar-refractivity contribution < 1.29 is 8.98 Å². The summed E-state index contributed by atoms with van der Waals surface area (Å²) in [6.07, 6.45) is 4.31. The molecule has 1 aromatic rings. The van der Waals surface area contributed by atoms with Crippen LogP contribution in [0.3, 0.4) is 0 Å². The molecular formula is C14H23NO2S. The van der Waals surface area contributed by atoms with Gasteiger partial charge >= 0.3 is 0 Å². The summed E-state index contributed by atoms with van der Waals surface area (Å²) in [5.41, 5.74) is 1.31. The normalized spacial score (nSPS) is 13.4. The Morgan fingerprint density at radius 2 is 1.94 bits per heavy atom. The molecule has 0 aliphatic rings. The third kappa shape index (κ3) is 3.82. The maximum absolute atomic E-state index is 11.3. The van der Waals surface area contributed by atoms with E-state index in [1.54, 1.807) is 6.07 Å². The van der Waals surface area contributed by atoms with Gasteiger partial charge in [-0.3, -0.25) is 4.79 Å². The predicted molar refractivity (Wildman–Crippen MR) is 78.2 cm³/mol. The highest BCUT2D eigenvalue weighted by molar-refractivity contribution is 8.29. The van der Waals surface area contributed by atoms with Crippen LogP contribution >= 0.6 is 10.3 Å². The van der Waals surface area contributed by atoms with Crippen molar-refractivity contribution in [3.05, 3.63) is 29.6 Å². The first-order valence-corrected chi connectivity index (χ1v) is 8.35. The Kier molecular flexibility index (Phi) is 4.56. The Hall–Kier alpha value is -0.870. The number of carbonyl (C=O) groups excluding carboxylic acids is 1. The molecule has 3 nitrogen and oxygen atoms in total. The van der Waals surface area contributed by atoms with E-state index in [4.69, 9.17) is 4.18 Å². The molecule has 0 unspecified atom stereocenters. The zero-order valence-corrected chi connectivity index (χ0v) is 12.9. The molecule has 4 heteroatoms. The molecule has 0 amide bonds. The molecule has 102 valence electrons. The van der Waals surface area contributed by atoms with Gasteiger partial charge in [0.2, 0.25) is 0 Å². The number of pyridine rings is 1. The van der Waals surface area contributed by atoms with Crippen LogP contribution in [0.15, 0.2) is 18.2 Å². The lowest BCUT2D eigenvalue weighted by Crippen LogP contribution is -2.25. The van der Waals surface area contributed by atoms with Gasteiger partial charge in [0.25, 0.3) is 0 Å². The fourth-order valence-corrected chi connectivity index (χ4v) is 1.91. The van der Waals surface area contributed by atoms with Crippen LogP contribution in [0.2, 0.25) is 0 Å². The highest BCUT2D eigenvalue weighted by Crippen LogP contribution is 2.54. The smallest absolute Gasteiger partial charge is 0.178 e. The van der Waals surface area contributed by atoms with Gasteiger partial charge in [0.1, 0.15) is 12.3 Å². The van der Waals surface area contributed by atoms with E-state index in [-0.39, 0.29) is 10.5 Å². The van der Waals surface area contributed by atoms with Crippen molar-refractivity contribution in [2.45, 2.75) is 39.0 Å². The zero-order chi connectivity index (χ0) is 14.0. The number of aromatic nitrogens is 1. The van der Waals surface area contributed by atoms with E-state index in [2.05, 4.69) is 38.3 Å². The molecule has 0 saturated heterocycles. The lowest BCUT2D eigenvalue weighted by molar-refractivity contribution is 0.101. The first-order valence-electron chi connectivity index (χ1n) is 5.97. The third-order valence-electron chi connectivity index (χ3n) is 3.14. The minimum atomic E-state index is -1.15. The van der Waals surface area contributed by atoms with Crippen LogP contribution in [0.1, 0.15) is 43.9 Å². The fraction of sp³-hybridized carbons (Fsp3) is 0.571. The second-order valence-corrected chi connectivity index (χ2v) is 9.60. The van der Waals surface area contributed by atoms with E-state index in [1.807, 2.05) is 12.1 Å². The zero-order valence-electron chi connectivity index (χ0n) is 12.1. The lowest BCUT2D eigenvalue weighted by Gasteiger charge is -2.43. The molecule has 18 heavy (non-hydrogen) atoms. The number of Topliss-reactive ketones (excluding diaryl/α,β-unsaturated/α-hetero) is 1. The minimum absolute atomic E-state index is 0.0146. The Morgan fingerprint density at radius 3 is 2.44 bits per heavy atom. The Morgan fingerprint density at radius 1 is 1.33 bits per heavy atom. The van der Waals surface area contributed by atoms with Gasteiger partial charge in [-0.25, -0.2) is 4.98 Å². The molecule has 0 aliphatic heterocycles. The molecule has 0 atom stereocenters. The van der Waals surface area contributed by atoms with Crippen molar-refractivity contribution in [3.8, 4) is 0 Å². The van der Waals surface area contributed by atoms with Gasteiger partial charge in [-0.05, 0) is 24.6 Å². The molecule has 0 aliphatic carbocycles. The maximum atomic E-state index is 11.3. The van der Waals surface area contributed by atoms with Crippen LogP contribution < -0.4 is 0 Å². The van der Waals surface area contributed by atoms with Crippen molar-refractivity contribution in [1.82, 2.24) is 4.98 Å². The molecule has 1 rings (SSSR count). The highest BCUT2D eigenvalue weighted by atomic mass is 32.3. The Labute approximate surface area is 111 Å². The van der Waals surface area contributed by atoms with Crippen LogP contribution in [0.25, 0.3) is 0 Å². The lowest BCUT2D eigenvalue weighted by atomic mass is 10.2. The predicted octanol–water partition coefficient (Wildman–Crippen LogP) is 3.58. The van der Waals surface area contributed by atoms with Crippen LogP contribution in [-0.2, 0) is 10.8 Å². The second kappa shape index (κ2) is 5.41. The molecule has 1 aromatic heterocycles. The van der Waals surface area contributed by atoms with Gasteiger partial charge < -0.3 is 4.18 Å². The summed E-state index contributed by atoms with van der Waals surface area (Å²) < 4.78 is 6.15. The first-order chi connectivity index (χ1) is 8.13. The summed E-state index contributed by atoms with van der Waals surface area (Å²) in [6.45, 7) is 8.53. The van der Waals surface area contributed by atoms with Gasteiger partial charge in [-0.1, -0.05) is 26.8 Å². The number of rotatable bonds is 4. The first kappa shape index (κ1) is 15.2. The van der Waals surface area contributed by atoms with Crippen LogP contribution in [-0.4, -0.2) is 28.0 Å². The van der Waals surface area contributed by atoms with E-state index in [0.29, 0.717) is 12.3 Å². The summed E-state index contributed by atoms with van der Waals surface area (Å²) in [5, 5.41) is 0. The third-order valence-corrected chi connectivity index (χ3v) is 6.80. The van der Waals surface area contributed by atoms with Gasteiger partial charge in [0, 0.05) is 11.7 Å². The summed E-state index contributed by atoms with van der Waals surface area (Å²) >= 11 is 0. The van der Waals surface area contributed by atoms with E-state index in [0.717, 1.165) is 5.69 Å². The van der Waals surface area contributed by atoms with E-state index in [1.165, 1.54) is 6.92 Å². The number of nitrogens with zero attached hydrogens (tertiary/aromatic N) is 1. The van der Waals surface area contributed by atoms with Crippen LogP contribution in [0, 0.1) is 0 Å². The summed E-state index contributed by atoms with van der Waals surface area (Å²) in [5.74, 6) is -0.0146. The molecule has 0 bridgehead atoms.